The van der Waals surface area contributed by atoms with Crippen LogP contribution < -0.4 is 9.47 Å². The van der Waals surface area contributed by atoms with Crippen LogP contribution in [0.1, 0.15) is 35.8 Å². The molecule has 0 spiro atoms. The van der Waals surface area contributed by atoms with Crippen molar-refractivity contribution < 1.29 is 14.1 Å². The summed E-state index contributed by atoms with van der Waals surface area (Å²) < 4.78 is 16.4. The van der Waals surface area contributed by atoms with Crippen molar-refractivity contribution in [2.24, 2.45) is 0 Å². The van der Waals surface area contributed by atoms with Gasteiger partial charge in [-0.05, 0) is 32.4 Å². The standard InChI is InChI=1S/C20H25N3O3/c1-4-11-24-17-9-8-16(19(13-17)25-12-5-2)14-23-10-6-7-18(23)20-15(3)21-26-22-20/h4-5,8-9,13,18H,1-2,6-7,10-12,14H2,3H3. The third kappa shape index (κ3) is 4.14. The number of hydrogen-bond donors (Lipinski definition) is 0. The van der Waals surface area contributed by atoms with Crippen molar-refractivity contribution in [3.05, 3.63) is 60.5 Å². The summed E-state index contributed by atoms with van der Waals surface area (Å²) in [5, 5.41) is 8.04. The molecule has 3 rings (SSSR count). The number of likely N-dealkylation sites (tertiary alicyclic amines) is 1. The van der Waals surface area contributed by atoms with Crippen LogP contribution in [0.4, 0.5) is 0 Å². The van der Waals surface area contributed by atoms with Crippen LogP contribution in [0, 0.1) is 6.92 Å². The van der Waals surface area contributed by atoms with E-state index in [0.29, 0.717) is 13.2 Å². The number of rotatable bonds is 9. The minimum atomic E-state index is 0.227. The zero-order chi connectivity index (χ0) is 18.4. The Morgan fingerprint density at radius 1 is 1.23 bits per heavy atom. The van der Waals surface area contributed by atoms with Gasteiger partial charge in [-0.1, -0.05) is 41.7 Å². The molecular weight excluding hydrogens is 330 g/mol. The first-order valence-corrected chi connectivity index (χ1v) is 8.86. The molecule has 1 aliphatic heterocycles. The smallest absolute Gasteiger partial charge is 0.127 e. The van der Waals surface area contributed by atoms with Crippen LogP contribution in [0.25, 0.3) is 0 Å². The molecule has 0 amide bonds. The number of benzene rings is 1. The van der Waals surface area contributed by atoms with E-state index in [1.807, 2.05) is 19.1 Å². The molecular formula is C20H25N3O3. The van der Waals surface area contributed by atoms with E-state index in [2.05, 4.69) is 34.4 Å². The first-order valence-electron chi connectivity index (χ1n) is 8.86. The Hall–Kier alpha value is -2.60. The number of hydrogen-bond acceptors (Lipinski definition) is 6. The van der Waals surface area contributed by atoms with Gasteiger partial charge in [0.15, 0.2) is 0 Å². The summed E-state index contributed by atoms with van der Waals surface area (Å²) in [7, 11) is 0. The third-order valence-corrected chi connectivity index (χ3v) is 4.50. The van der Waals surface area contributed by atoms with Crippen LogP contribution in [0.3, 0.4) is 0 Å². The summed E-state index contributed by atoms with van der Waals surface area (Å²) in [6, 6.07) is 6.18. The first-order chi connectivity index (χ1) is 12.7. The maximum absolute atomic E-state index is 5.87. The van der Waals surface area contributed by atoms with Crippen molar-refractivity contribution in [3.8, 4) is 11.5 Å². The van der Waals surface area contributed by atoms with Crippen LogP contribution in [0.15, 0.2) is 48.1 Å². The van der Waals surface area contributed by atoms with E-state index in [4.69, 9.17) is 14.1 Å². The largest absolute Gasteiger partial charge is 0.489 e. The van der Waals surface area contributed by atoms with Crippen molar-refractivity contribution in [2.75, 3.05) is 19.8 Å². The van der Waals surface area contributed by atoms with Gasteiger partial charge in [-0.25, -0.2) is 4.63 Å². The van der Waals surface area contributed by atoms with Crippen molar-refractivity contribution in [1.29, 1.82) is 0 Å². The summed E-state index contributed by atoms with van der Waals surface area (Å²) in [5.41, 5.74) is 2.90. The summed E-state index contributed by atoms with van der Waals surface area (Å²) in [5.74, 6) is 1.58. The monoisotopic (exact) mass is 355 g/mol. The third-order valence-electron chi connectivity index (χ3n) is 4.50. The van der Waals surface area contributed by atoms with E-state index in [1.165, 1.54) is 0 Å². The fraction of sp³-hybridized carbons (Fsp3) is 0.400. The van der Waals surface area contributed by atoms with Crippen LogP contribution in [0.5, 0.6) is 11.5 Å². The highest BCUT2D eigenvalue weighted by Gasteiger charge is 2.30. The normalized spacial score (nSPS) is 17.2. The van der Waals surface area contributed by atoms with E-state index in [9.17, 15) is 0 Å². The molecule has 0 saturated carbocycles. The van der Waals surface area contributed by atoms with Crippen molar-refractivity contribution in [1.82, 2.24) is 15.2 Å². The van der Waals surface area contributed by atoms with E-state index in [1.54, 1.807) is 12.2 Å². The Balaban J connectivity index is 1.79. The van der Waals surface area contributed by atoms with Gasteiger partial charge in [0.1, 0.15) is 36.1 Å². The lowest BCUT2D eigenvalue weighted by Crippen LogP contribution is -2.24. The minimum Gasteiger partial charge on any atom is -0.489 e. The van der Waals surface area contributed by atoms with Gasteiger partial charge in [0.25, 0.3) is 0 Å². The van der Waals surface area contributed by atoms with E-state index < -0.39 is 0 Å². The summed E-state index contributed by atoms with van der Waals surface area (Å²) >= 11 is 0. The lowest BCUT2D eigenvalue weighted by atomic mass is 10.1. The molecule has 0 radical (unpaired) electrons. The SMILES string of the molecule is C=CCOc1ccc(CN2CCCC2c2nonc2C)c(OCC=C)c1. The quantitative estimate of drug-likeness (QED) is 0.637. The lowest BCUT2D eigenvalue weighted by molar-refractivity contribution is 0.227. The van der Waals surface area contributed by atoms with Crippen LogP contribution >= 0.6 is 0 Å². The zero-order valence-corrected chi connectivity index (χ0v) is 15.2. The molecule has 138 valence electrons. The molecule has 1 saturated heterocycles. The fourth-order valence-corrected chi connectivity index (χ4v) is 3.28. The van der Waals surface area contributed by atoms with Gasteiger partial charge in [-0.2, -0.15) is 0 Å². The Bertz CT molecular complexity index is 757. The molecule has 26 heavy (non-hydrogen) atoms. The molecule has 1 atom stereocenters. The molecule has 2 heterocycles. The van der Waals surface area contributed by atoms with Gasteiger partial charge in [-0.15, -0.1) is 0 Å². The van der Waals surface area contributed by atoms with Gasteiger partial charge in [0.05, 0.1) is 6.04 Å². The Kier molecular flexibility index (Phi) is 6.07. The van der Waals surface area contributed by atoms with Crippen molar-refractivity contribution >= 4 is 0 Å². The zero-order valence-electron chi connectivity index (χ0n) is 15.2. The highest BCUT2D eigenvalue weighted by atomic mass is 16.6. The summed E-state index contributed by atoms with van der Waals surface area (Å²) in [6.45, 7) is 12.0. The average Bonchev–Trinajstić information content (AvgIpc) is 3.27. The number of aryl methyl sites for hydroxylation is 1. The molecule has 2 aromatic rings. The van der Waals surface area contributed by atoms with Gasteiger partial charge < -0.3 is 9.47 Å². The predicted octanol–water partition coefficient (Wildman–Crippen LogP) is 3.84. The molecule has 0 N–H and O–H groups in total. The molecule has 0 aliphatic carbocycles. The second-order valence-electron chi connectivity index (χ2n) is 6.33. The molecule has 6 heteroatoms. The Morgan fingerprint density at radius 2 is 2.04 bits per heavy atom. The summed E-state index contributed by atoms with van der Waals surface area (Å²) in [6.07, 6.45) is 5.64. The van der Waals surface area contributed by atoms with E-state index in [-0.39, 0.29) is 6.04 Å². The molecule has 1 unspecified atom stereocenters. The van der Waals surface area contributed by atoms with Gasteiger partial charge >= 0.3 is 0 Å². The van der Waals surface area contributed by atoms with Crippen molar-refractivity contribution in [3.63, 3.8) is 0 Å². The maximum atomic E-state index is 5.87. The summed E-state index contributed by atoms with van der Waals surface area (Å²) in [4.78, 5) is 2.40. The topological polar surface area (TPSA) is 60.6 Å². The Labute approximate surface area is 154 Å². The average molecular weight is 355 g/mol. The number of nitrogens with zero attached hydrogens (tertiary/aromatic N) is 3. The molecule has 1 fully saturated rings. The van der Waals surface area contributed by atoms with Gasteiger partial charge in [0, 0.05) is 18.2 Å². The fourth-order valence-electron chi connectivity index (χ4n) is 3.28. The van der Waals surface area contributed by atoms with Crippen LogP contribution in [-0.4, -0.2) is 35.0 Å². The molecule has 0 bridgehead atoms. The Morgan fingerprint density at radius 3 is 2.77 bits per heavy atom. The van der Waals surface area contributed by atoms with E-state index >= 15 is 0 Å². The lowest BCUT2D eigenvalue weighted by Gasteiger charge is -2.24. The molecule has 6 nitrogen and oxygen atoms in total. The number of aromatic nitrogens is 2. The van der Waals surface area contributed by atoms with Crippen molar-refractivity contribution in [2.45, 2.75) is 32.4 Å². The second kappa shape index (κ2) is 8.67. The first kappa shape index (κ1) is 18.2. The second-order valence-corrected chi connectivity index (χ2v) is 6.33. The molecule has 1 aromatic carbocycles. The van der Waals surface area contributed by atoms with Gasteiger partial charge in [0.2, 0.25) is 0 Å². The molecule has 1 aliphatic rings. The number of ether oxygens (including phenoxy) is 2. The van der Waals surface area contributed by atoms with Crippen LogP contribution in [0.2, 0.25) is 0 Å². The highest BCUT2D eigenvalue weighted by Crippen LogP contribution is 2.35. The minimum absolute atomic E-state index is 0.227. The van der Waals surface area contributed by atoms with E-state index in [0.717, 1.165) is 54.4 Å². The maximum Gasteiger partial charge on any atom is 0.127 e. The highest BCUT2D eigenvalue weighted by molar-refractivity contribution is 5.41. The van der Waals surface area contributed by atoms with Gasteiger partial charge in [-0.3, -0.25) is 4.90 Å². The predicted molar refractivity (Wildman–Crippen MR) is 99.2 cm³/mol. The molecule has 1 aromatic heterocycles. The van der Waals surface area contributed by atoms with Crippen LogP contribution in [-0.2, 0) is 6.54 Å².